The van der Waals surface area contributed by atoms with Gasteiger partial charge in [0, 0.05) is 5.02 Å². The van der Waals surface area contributed by atoms with Crippen LogP contribution >= 0.6 is 23.2 Å². The maximum atomic E-state index is 12.0. The lowest BCUT2D eigenvalue weighted by atomic mass is 10.00. The molecule has 2 N–H and O–H groups in total. The summed E-state index contributed by atoms with van der Waals surface area (Å²) in [6.07, 6.45) is -0.116. The molecule has 2 atom stereocenters. The molecule has 1 aromatic carbocycles. The number of carbonyl (C=O) groups excluding carboxylic acids is 1. The van der Waals surface area contributed by atoms with Crippen molar-refractivity contribution in [2.45, 2.75) is 38.8 Å². The van der Waals surface area contributed by atoms with E-state index in [4.69, 9.17) is 27.9 Å². The Morgan fingerprint density at radius 1 is 1.50 bits per heavy atom. The molecule has 1 amide bonds. The van der Waals surface area contributed by atoms with Gasteiger partial charge < -0.3 is 15.2 Å². The van der Waals surface area contributed by atoms with E-state index in [2.05, 4.69) is 5.32 Å². The molecule has 0 spiro atoms. The van der Waals surface area contributed by atoms with Crippen LogP contribution in [0.5, 0.6) is 5.75 Å². The van der Waals surface area contributed by atoms with Crippen LogP contribution in [0.4, 0.5) is 0 Å². The SMILES string of the molecule is CCC(C)(CO)NC(=O)C(C)Oc1ccc(Cl)cc1Cl. The second-order valence-electron chi connectivity index (χ2n) is 4.90. The molecule has 6 heteroatoms. The summed E-state index contributed by atoms with van der Waals surface area (Å²) >= 11 is 11.8. The first-order valence-corrected chi connectivity index (χ1v) is 7.11. The third kappa shape index (κ3) is 4.54. The van der Waals surface area contributed by atoms with Gasteiger partial charge in [-0.15, -0.1) is 0 Å². The van der Waals surface area contributed by atoms with Crippen molar-refractivity contribution in [2.24, 2.45) is 0 Å². The molecule has 0 bridgehead atoms. The zero-order valence-electron chi connectivity index (χ0n) is 11.7. The summed E-state index contributed by atoms with van der Waals surface area (Å²) in [4.78, 5) is 12.0. The Morgan fingerprint density at radius 3 is 2.65 bits per heavy atom. The number of benzene rings is 1. The van der Waals surface area contributed by atoms with Crippen LogP contribution in [0.2, 0.25) is 10.0 Å². The highest BCUT2D eigenvalue weighted by atomic mass is 35.5. The largest absolute Gasteiger partial charge is 0.479 e. The Bertz CT molecular complexity index is 475. The first-order chi connectivity index (χ1) is 9.31. The molecular weight excluding hydrogens is 301 g/mol. The van der Waals surface area contributed by atoms with Gasteiger partial charge in [-0.05, 0) is 38.5 Å². The van der Waals surface area contributed by atoms with Gasteiger partial charge in [0.15, 0.2) is 6.10 Å². The number of aliphatic hydroxyl groups is 1. The third-order valence-electron chi connectivity index (χ3n) is 3.12. The highest BCUT2D eigenvalue weighted by Gasteiger charge is 2.26. The molecule has 20 heavy (non-hydrogen) atoms. The molecule has 4 nitrogen and oxygen atoms in total. The van der Waals surface area contributed by atoms with Crippen LogP contribution in [-0.2, 0) is 4.79 Å². The van der Waals surface area contributed by atoms with E-state index in [1.807, 2.05) is 6.92 Å². The molecule has 0 aliphatic rings. The lowest BCUT2D eigenvalue weighted by molar-refractivity contribution is -0.129. The third-order valence-corrected chi connectivity index (χ3v) is 3.65. The van der Waals surface area contributed by atoms with Gasteiger partial charge in [-0.25, -0.2) is 0 Å². The summed E-state index contributed by atoms with van der Waals surface area (Å²) in [7, 11) is 0. The summed E-state index contributed by atoms with van der Waals surface area (Å²) in [5.41, 5.74) is -0.654. The summed E-state index contributed by atoms with van der Waals surface area (Å²) in [5, 5.41) is 12.9. The predicted octanol–water partition coefficient (Wildman–Crippen LogP) is 3.04. The Morgan fingerprint density at radius 2 is 2.15 bits per heavy atom. The van der Waals surface area contributed by atoms with Crippen LogP contribution in [0.15, 0.2) is 18.2 Å². The van der Waals surface area contributed by atoms with Crippen LogP contribution in [0, 0.1) is 0 Å². The van der Waals surface area contributed by atoms with Crippen molar-refractivity contribution in [3.63, 3.8) is 0 Å². The van der Waals surface area contributed by atoms with Crippen LogP contribution in [0.25, 0.3) is 0 Å². The molecule has 0 aliphatic heterocycles. The van der Waals surface area contributed by atoms with Crippen molar-refractivity contribution in [1.29, 1.82) is 0 Å². The smallest absolute Gasteiger partial charge is 0.261 e. The van der Waals surface area contributed by atoms with Crippen molar-refractivity contribution in [1.82, 2.24) is 5.32 Å². The second kappa shape index (κ2) is 7.16. The number of ether oxygens (including phenoxy) is 1. The van der Waals surface area contributed by atoms with Gasteiger partial charge in [-0.2, -0.15) is 0 Å². The van der Waals surface area contributed by atoms with E-state index < -0.39 is 11.6 Å². The van der Waals surface area contributed by atoms with Crippen molar-refractivity contribution in [3.05, 3.63) is 28.2 Å². The Kier molecular flexibility index (Phi) is 6.11. The van der Waals surface area contributed by atoms with Crippen molar-refractivity contribution in [2.75, 3.05) is 6.61 Å². The van der Waals surface area contributed by atoms with E-state index in [-0.39, 0.29) is 12.5 Å². The fourth-order valence-corrected chi connectivity index (χ4v) is 1.91. The van der Waals surface area contributed by atoms with E-state index in [0.717, 1.165) is 0 Å². The topological polar surface area (TPSA) is 58.6 Å². The standard InChI is InChI=1S/C14H19Cl2NO3/c1-4-14(3,8-18)17-13(19)9(2)20-12-6-5-10(15)7-11(12)16/h5-7,9,18H,4,8H2,1-3H3,(H,17,19). The van der Waals surface area contributed by atoms with Crippen LogP contribution in [-0.4, -0.2) is 29.3 Å². The summed E-state index contributed by atoms with van der Waals surface area (Å²) in [5.74, 6) is 0.0790. The highest BCUT2D eigenvalue weighted by Crippen LogP contribution is 2.28. The molecule has 2 unspecified atom stereocenters. The number of halogens is 2. The first-order valence-electron chi connectivity index (χ1n) is 6.36. The first kappa shape index (κ1) is 17.1. The van der Waals surface area contributed by atoms with E-state index in [1.165, 1.54) is 0 Å². The Labute approximate surface area is 129 Å². The van der Waals surface area contributed by atoms with Gasteiger partial charge in [0.25, 0.3) is 5.91 Å². The Balaban J connectivity index is 2.71. The maximum Gasteiger partial charge on any atom is 0.261 e. The molecule has 0 fully saturated rings. The molecule has 0 saturated carbocycles. The number of aliphatic hydroxyl groups excluding tert-OH is 1. The summed E-state index contributed by atoms with van der Waals surface area (Å²) < 4.78 is 5.51. The molecule has 0 heterocycles. The zero-order valence-corrected chi connectivity index (χ0v) is 13.3. The number of rotatable bonds is 6. The summed E-state index contributed by atoms with van der Waals surface area (Å²) in [6, 6.07) is 4.80. The van der Waals surface area contributed by atoms with Crippen LogP contribution in [0.3, 0.4) is 0 Å². The predicted molar refractivity (Wildman–Crippen MR) is 80.5 cm³/mol. The minimum atomic E-state index is -0.730. The van der Waals surface area contributed by atoms with E-state index >= 15 is 0 Å². The fraction of sp³-hybridized carbons (Fsp3) is 0.500. The second-order valence-corrected chi connectivity index (χ2v) is 5.74. The molecule has 0 saturated heterocycles. The van der Waals surface area contributed by atoms with Gasteiger partial charge in [0.05, 0.1) is 17.2 Å². The van der Waals surface area contributed by atoms with Crippen molar-refractivity contribution < 1.29 is 14.6 Å². The van der Waals surface area contributed by atoms with Gasteiger partial charge in [-0.3, -0.25) is 4.79 Å². The lowest BCUT2D eigenvalue weighted by Crippen LogP contribution is -2.52. The maximum absolute atomic E-state index is 12.0. The van der Waals surface area contributed by atoms with E-state index in [0.29, 0.717) is 22.2 Å². The average Bonchev–Trinajstić information content (AvgIpc) is 2.41. The normalized spacial score (nSPS) is 15.3. The number of nitrogens with one attached hydrogen (secondary N) is 1. The minimum absolute atomic E-state index is 0.135. The van der Waals surface area contributed by atoms with Gasteiger partial charge in [-0.1, -0.05) is 30.1 Å². The van der Waals surface area contributed by atoms with Crippen molar-refractivity contribution >= 4 is 29.1 Å². The van der Waals surface area contributed by atoms with Crippen LogP contribution < -0.4 is 10.1 Å². The quantitative estimate of drug-likeness (QED) is 0.847. The number of amides is 1. The molecule has 1 rings (SSSR count). The molecule has 112 valence electrons. The van der Waals surface area contributed by atoms with E-state index in [9.17, 15) is 9.90 Å². The number of carbonyl (C=O) groups is 1. The average molecular weight is 320 g/mol. The molecule has 0 aliphatic carbocycles. The Hall–Kier alpha value is -0.970. The zero-order chi connectivity index (χ0) is 15.3. The van der Waals surface area contributed by atoms with Crippen LogP contribution in [0.1, 0.15) is 27.2 Å². The van der Waals surface area contributed by atoms with E-state index in [1.54, 1.807) is 32.0 Å². The van der Waals surface area contributed by atoms with Gasteiger partial charge in [0.2, 0.25) is 0 Å². The molecular formula is C14H19Cl2NO3. The molecule has 1 aromatic rings. The summed E-state index contributed by atoms with van der Waals surface area (Å²) in [6.45, 7) is 5.14. The molecule has 0 radical (unpaired) electrons. The number of hydrogen-bond donors (Lipinski definition) is 2. The minimum Gasteiger partial charge on any atom is -0.479 e. The highest BCUT2D eigenvalue weighted by molar-refractivity contribution is 6.35. The van der Waals surface area contributed by atoms with Crippen molar-refractivity contribution in [3.8, 4) is 5.75 Å². The van der Waals surface area contributed by atoms with Gasteiger partial charge in [0.1, 0.15) is 5.75 Å². The van der Waals surface area contributed by atoms with Gasteiger partial charge >= 0.3 is 0 Å². The molecule has 0 aromatic heterocycles. The lowest BCUT2D eigenvalue weighted by Gasteiger charge is -2.29. The monoisotopic (exact) mass is 319 g/mol. The fourth-order valence-electron chi connectivity index (χ4n) is 1.45. The number of hydrogen-bond acceptors (Lipinski definition) is 3.